The smallest absolute Gasteiger partial charge is 0.259 e. The summed E-state index contributed by atoms with van der Waals surface area (Å²) in [5, 5.41) is 14.4. The summed E-state index contributed by atoms with van der Waals surface area (Å²) in [6.07, 6.45) is 0.148. The van der Waals surface area contributed by atoms with Crippen molar-refractivity contribution < 1.29 is 14.4 Å². The molecule has 1 amide bonds. The number of rotatable bonds is 2. The third kappa shape index (κ3) is 2.78. The fraction of sp³-hybridized carbons (Fsp3) is 0.316. The highest BCUT2D eigenvalue weighted by atomic mass is 16.5. The van der Waals surface area contributed by atoms with Gasteiger partial charge in [0, 0.05) is 18.7 Å². The first-order valence-corrected chi connectivity index (χ1v) is 8.34. The van der Waals surface area contributed by atoms with Gasteiger partial charge in [0.2, 0.25) is 0 Å². The Morgan fingerprint density at radius 3 is 2.72 bits per heavy atom. The van der Waals surface area contributed by atoms with Gasteiger partial charge < -0.3 is 14.5 Å². The zero-order chi connectivity index (χ0) is 17.6. The molecule has 128 valence electrons. The van der Waals surface area contributed by atoms with Gasteiger partial charge in [-0.1, -0.05) is 35.0 Å². The van der Waals surface area contributed by atoms with Crippen molar-refractivity contribution >= 4 is 17.0 Å². The number of amides is 1. The molecule has 1 N–H and O–H groups in total. The number of carbonyl (C=O) groups is 1. The van der Waals surface area contributed by atoms with E-state index < -0.39 is 6.10 Å². The Balaban J connectivity index is 1.85. The lowest BCUT2D eigenvalue weighted by Gasteiger charge is -2.16. The summed E-state index contributed by atoms with van der Waals surface area (Å²) in [4.78, 5) is 19.2. The van der Waals surface area contributed by atoms with Crippen molar-refractivity contribution in [1.29, 1.82) is 0 Å². The number of benzene rings is 1. The van der Waals surface area contributed by atoms with Crippen molar-refractivity contribution in [3.8, 4) is 11.3 Å². The predicted molar refractivity (Wildman–Crippen MR) is 93.2 cm³/mol. The number of nitrogens with zero attached hydrogens (tertiary/aromatic N) is 3. The first kappa shape index (κ1) is 15.8. The third-order valence-electron chi connectivity index (χ3n) is 4.65. The van der Waals surface area contributed by atoms with E-state index >= 15 is 0 Å². The molecule has 1 aliphatic heterocycles. The number of aliphatic hydroxyl groups excluding tert-OH is 1. The average Bonchev–Trinajstić information content (AvgIpc) is 3.20. The first-order valence-electron chi connectivity index (χ1n) is 8.34. The van der Waals surface area contributed by atoms with Gasteiger partial charge in [0.25, 0.3) is 11.6 Å². The van der Waals surface area contributed by atoms with Gasteiger partial charge >= 0.3 is 0 Å². The molecule has 3 aromatic rings. The maximum absolute atomic E-state index is 13.0. The highest BCUT2D eigenvalue weighted by Crippen LogP contribution is 2.29. The molecule has 1 fully saturated rings. The Morgan fingerprint density at radius 1 is 1.28 bits per heavy atom. The molecule has 1 saturated heterocycles. The van der Waals surface area contributed by atoms with Crippen molar-refractivity contribution in [2.24, 2.45) is 0 Å². The van der Waals surface area contributed by atoms with E-state index in [1.165, 1.54) is 0 Å². The number of likely N-dealkylation sites (tertiary alicyclic amines) is 1. The minimum Gasteiger partial charge on any atom is -0.391 e. The molecule has 2 aromatic heterocycles. The van der Waals surface area contributed by atoms with Crippen LogP contribution in [-0.2, 0) is 0 Å². The van der Waals surface area contributed by atoms with Crippen molar-refractivity contribution in [3.63, 3.8) is 0 Å². The lowest BCUT2D eigenvalue weighted by Crippen LogP contribution is -2.29. The van der Waals surface area contributed by atoms with Gasteiger partial charge in [-0.15, -0.1) is 0 Å². The van der Waals surface area contributed by atoms with E-state index in [4.69, 9.17) is 4.52 Å². The van der Waals surface area contributed by atoms with E-state index in [-0.39, 0.29) is 5.91 Å². The molecule has 25 heavy (non-hydrogen) atoms. The van der Waals surface area contributed by atoms with E-state index in [2.05, 4.69) is 10.1 Å². The molecule has 1 aliphatic rings. The second-order valence-corrected chi connectivity index (χ2v) is 6.56. The Hall–Kier alpha value is -2.73. The molecular formula is C19H19N3O3. The number of carbonyl (C=O) groups excluding carboxylic acids is 1. The van der Waals surface area contributed by atoms with Crippen molar-refractivity contribution in [1.82, 2.24) is 15.0 Å². The molecule has 0 spiro atoms. The third-order valence-corrected chi connectivity index (χ3v) is 4.65. The normalized spacial score (nSPS) is 17.4. The monoisotopic (exact) mass is 337 g/mol. The van der Waals surface area contributed by atoms with Crippen LogP contribution in [0.15, 0.2) is 34.9 Å². The molecule has 0 saturated carbocycles. The first-order chi connectivity index (χ1) is 12.0. The van der Waals surface area contributed by atoms with Gasteiger partial charge in [0.1, 0.15) is 0 Å². The van der Waals surface area contributed by atoms with Crippen LogP contribution in [0.4, 0.5) is 0 Å². The second kappa shape index (κ2) is 5.97. The minimum absolute atomic E-state index is 0.122. The van der Waals surface area contributed by atoms with Crippen LogP contribution in [0.5, 0.6) is 0 Å². The quantitative estimate of drug-likeness (QED) is 0.778. The number of hydrogen-bond donors (Lipinski definition) is 1. The van der Waals surface area contributed by atoms with E-state index in [0.29, 0.717) is 47.6 Å². The summed E-state index contributed by atoms with van der Waals surface area (Å²) in [7, 11) is 0. The van der Waals surface area contributed by atoms with Gasteiger partial charge in [-0.3, -0.25) is 4.79 Å². The molecule has 0 aliphatic carbocycles. The van der Waals surface area contributed by atoms with Crippen LogP contribution in [-0.4, -0.2) is 45.2 Å². The van der Waals surface area contributed by atoms with E-state index in [1.807, 2.05) is 31.2 Å². The van der Waals surface area contributed by atoms with E-state index in [0.717, 1.165) is 11.1 Å². The summed E-state index contributed by atoms with van der Waals surface area (Å²) in [5.41, 5.74) is 4.26. The fourth-order valence-corrected chi connectivity index (χ4v) is 3.23. The van der Waals surface area contributed by atoms with Gasteiger partial charge in [-0.25, -0.2) is 4.98 Å². The lowest BCUT2D eigenvalue weighted by molar-refractivity contribution is 0.0767. The Kier molecular flexibility index (Phi) is 3.77. The summed E-state index contributed by atoms with van der Waals surface area (Å²) >= 11 is 0. The SMILES string of the molecule is Cc1ccc(-c2cc(C(=O)N3CC[C@@H](O)C3)c3c(C)noc3n2)cc1. The van der Waals surface area contributed by atoms with Crippen molar-refractivity contribution in [2.75, 3.05) is 13.1 Å². The zero-order valence-corrected chi connectivity index (χ0v) is 14.2. The van der Waals surface area contributed by atoms with Gasteiger partial charge in [-0.2, -0.15) is 0 Å². The standard InChI is InChI=1S/C19H19N3O3/c1-11-3-5-13(6-4-11)16-9-15(17-12(2)21-25-18(17)20-16)19(24)22-8-7-14(23)10-22/h3-6,9,14,23H,7-8,10H2,1-2H3/t14-/m1/s1. The average molecular weight is 337 g/mol. The van der Waals surface area contributed by atoms with Crippen LogP contribution in [0.3, 0.4) is 0 Å². The summed E-state index contributed by atoms with van der Waals surface area (Å²) in [6.45, 7) is 4.73. The van der Waals surface area contributed by atoms with Gasteiger partial charge in [-0.05, 0) is 26.3 Å². The molecule has 6 nitrogen and oxygen atoms in total. The molecule has 6 heteroatoms. The molecular weight excluding hydrogens is 318 g/mol. The van der Waals surface area contributed by atoms with Crippen molar-refractivity contribution in [3.05, 3.63) is 47.2 Å². The molecule has 1 atom stereocenters. The van der Waals surface area contributed by atoms with Crippen LogP contribution in [0.25, 0.3) is 22.4 Å². The molecule has 1 aromatic carbocycles. The topological polar surface area (TPSA) is 79.5 Å². The van der Waals surface area contributed by atoms with Crippen LogP contribution < -0.4 is 0 Å². The van der Waals surface area contributed by atoms with Crippen LogP contribution in [0.1, 0.15) is 28.0 Å². The number of hydrogen-bond acceptors (Lipinski definition) is 5. The number of aryl methyl sites for hydroxylation is 2. The molecule has 0 unspecified atom stereocenters. The molecule has 3 heterocycles. The zero-order valence-electron chi connectivity index (χ0n) is 14.2. The second-order valence-electron chi connectivity index (χ2n) is 6.56. The number of fused-ring (bicyclic) bond motifs is 1. The van der Waals surface area contributed by atoms with Crippen LogP contribution >= 0.6 is 0 Å². The molecule has 0 radical (unpaired) electrons. The van der Waals surface area contributed by atoms with Crippen molar-refractivity contribution in [2.45, 2.75) is 26.4 Å². The maximum Gasteiger partial charge on any atom is 0.259 e. The van der Waals surface area contributed by atoms with E-state index in [9.17, 15) is 9.90 Å². The Morgan fingerprint density at radius 2 is 2.04 bits per heavy atom. The summed E-state index contributed by atoms with van der Waals surface area (Å²) < 4.78 is 5.33. The number of pyridine rings is 1. The van der Waals surface area contributed by atoms with E-state index in [1.54, 1.807) is 17.9 Å². The summed E-state index contributed by atoms with van der Waals surface area (Å²) in [6, 6.07) is 9.75. The highest BCUT2D eigenvalue weighted by Gasteiger charge is 2.28. The van der Waals surface area contributed by atoms with Gasteiger partial charge in [0.05, 0.1) is 28.4 Å². The molecule has 4 rings (SSSR count). The Bertz CT molecular complexity index is 946. The van der Waals surface area contributed by atoms with Crippen LogP contribution in [0, 0.1) is 13.8 Å². The number of aromatic nitrogens is 2. The Labute approximate surface area is 145 Å². The highest BCUT2D eigenvalue weighted by molar-refractivity contribution is 6.07. The predicted octanol–water partition coefficient (Wildman–Crippen LogP) is 2.71. The van der Waals surface area contributed by atoms with Crippen LogP contribution in [0.2, 0.25) is 0 Å². The number of aliphatic hydroxyl groups is 1. The van der Waals surface area contributed by atoms with Gasteiger partial charge in [0.15, 0.2) is 0 Å². The minimum atomic E-state index is -0.457. The maximum atomic E-state index is 13.0. The fourth-order valence-electron chi connectivity index (χ4n) is 3.23. The lowest BCUT2D eigenvalue weighted by atomic mass is 10.0. The largest absolute Gasteiger partial charge is 0.391 e. The number of β-amino-alcohol motifs (C(OH)–C–C–N with tert-alkyl or cyclic N) is 1. The molecule has 0 bridgehead atoms. The summed E-state index contributed by atoms with van der Waals surface area (Å²) in [5.74, 6) is -0.122.